The third-order valence-corrected chi connectivity index (χ3v) is 3.98. The Morgan fingerprint density at radius 3 is 2.79 bits per heavy atom. The molecule has 0 radical (unpaired) electrons. The van der Waals surface area contributed by atoms with Crippen molar-refractivity contribution in [1.29, 1.82) is 0 Å². The number of rotatable bonds is 3. The number of anilines is 1. The quantitative estimate of drug-likeness (QED) is 0.681. The van der Waals surface area contributed by atoms with E-state index in [1.54, 1.807) is 13.0 Å². The van der Waals surface area contributed by atoms with E-state index in [2.05, 4.69) is 15.9 Å². The van der Waals surface area contributed by atoms with Crippen LogP contribution in [0, 0.1) is 23.0 Å². The Kier molecular flexibility index (Phi) is 3.75. The molecule has 0 aliphatic carbocycles. The number of carbonyl (C=O) groups is 1. The van der Waals surface area contributed by atoms with E-state index in [1.807, 2.05) is 4.90 Å². The van der Waals surface area contributed by atoms with E-state index in [4.69, 9.17) is 5.11 Å². The monoisotopic (exact) mass is 328 g/mol. The number of benzene rings is 1. The Bertz CT molecular complexity index is 547. The fourth-order valence-electron chi connectivity index (χ4n) is 2.28. The minimum Gasteiger partial charge on any atom is -0.481 e. The van der Waals surface area contributed by atoms with E-state index in [0.29, 0.717) is 29.5 Å². The maximum absolute atomic E-state index is 10.9. The van der Waals surface area contributed by atoms with Crippen molar-refractivity contribution in [2.24, 2.45) is 5.92 Å². The summed E-state index contributed by atoms with van der Waals surface area (Å²) in [5.41, 5.74) is 1.44. The SMILES string of the molecule is Cc1cc(N2CCC(C(=O)O)C2)c(Br)cc1[N+](=O)[O-]. The molecule has 7 heteroatoms. The van der Waals surface area contributed by atoms with Gasteiger partial charge in [0.25, 0.3) is 5.69 Å². The fraction of sp³-hybridized carbons (Fsp3) is 0.417. The van der Waals surface area contributed by atoms with E-state index in [0.717, 1.165) is 5.69 Å². The minimum atomic E-state index is -0.794. The van der Waals surface area contributed by atoms with Crippen LogP contribution in [0.1, 0.15) is 12.0 Å². The lowest BCUT2D eigenvalue weighted by Gasteiger charge is -2.20. The number of nitrogens with zero attached hydrogens (tertiary/aromatic N) is 2. The molecule has 1 aliphatic rings. The summed E-state index contributed by atoms with van der Waals surface area (Å²) in [5, 5.41) is 19.8. The summed E-state index contributed by atoms with van der Waals surface area (Å²) in [6.07, 6.45) is 0.595. The van der Waals surface area contributed by atoms with Crippen LogP contribution in [0.2, 0.25) is 0 Å². The molecular weight excluding hydrogens is 316 g/mol. The van der Waals surface area contributed by atoms with Crippen molar-refractivity contribution >= 4 is 33.3 Å². The van der Waals surface area contributed by atoms with Gasteiger partial charge in [-0.1, -0.05) is 0 Å². The Labute approximate surface area is 118 Å². The Hall–Kier alpha value is -1.63. The number of aryl methyl sites for hydroxylation is 1. The van der Waals surface area contributed by atoms with Crippen molar-refractivity contribution in [2.45, 2.75) is 13.3 Å². The number of aliphatic carboxylic acids is 1. The zero-order chi connectivity index (χ0) is 14.2. The van der Waals surface area contributed by atoms with Crippen LogP contribution < -0.4 is 4.90 Å². The van der Waals surface area contributed by atoms with Crippen molar-refractivity contribution in [3.63, 3.8) is 0 Å². The number of hydrogen-bond acceptors (Lipinski definition) is 4. The van der Waals surface area contributed by atoms with E-state index < -0.39 is 10.9 Å². The molecule has 1 heterocycles. The van der Waals surface area contributed by atoms with E-state index in [1.165, 1.54) is 6.07 Å². The summed E-state index contributed by atoms with van der Waals surface area (Å²) in [6, 6.07) is 3.20. The van der Waals surface area contributed by atoms with Crippen LogP contribution in [0.4, 0.5) is 11.4 Å². The van der Waals surface area contributed by atoms with Crippen LogP contribution in [0.3, 0.4) is 0 Å². The van der Waals surface area contributed by atoms with Gasteiger partial charge in [0.05, 0.1) is 16.5 Å². The molecule has 0 bridgehead atoms. The van der Waals surface area contributed by atoms with Crippen LogP contribution in [0.5, 0.6) is 0 Å². The average molecular weight is 329 g/mol. The fourth-order valence-corrected chi connectivity index (χ4v) is 2.86. The highest BCUT2D eigenvalue weighted by atomic mass is 79.9. The standard InChI is InChI=1S/C12H13BrN2O4/c1-7-4-11(9(13)5-10(7)15(18)19)14-3-2-8(6-14)12(16)17/h4-5,8H,2-3,6H2,1H3,(H,16,17). The van der Waals surface area contributed by atoms with Crippen molar-refractivity contribution in [3.8, 4) is 0 Å². The van der Waals surface area contributed by atoms with Crippen molar-refractivity contribution in [2.75, 3.05) is 18.0 Å². The maximum atomic E-state index is 10.9. The molecule has 1 aromatic rings. The van der Waals surface area contributed by atoms with Crippen LogP contribution in [0.25, 0.3) is 0 Å². The van der Waals surface area contributed by atoms with E-state index in [9.17, 15) is 14.9 Å². The maximum Gasteiger partial charge on any atom is 0.308 e. The molecule has 102 valence electrons. The molecule has 0 spiro atoms. The second-order valence-electron chi connectivity index (χ2n) is 4.62. The highest BCUT2D eigenvalue weighted by Gasteiger charge is 2.29. The smallest absolute Gasteiger partial charge is 0.308 e. The number of hydrogen-bond donors (Lipinski definition) is 1. The third kappa shape index (κ3) is 2.70. The first-order valence-electron chi connectivity index (χ1n) is 5.82. The van der Waals surface area contributed by atoms with Crippen molar-refractivity contribution in [1.82, 2.24) is 0 Å². The van der Waals surface area contributed by atoms with Gasteiger partial charge in [-0.05, 0) is 35.3 Å². The van der Waals surface area contributed by atoms with Crippen molar-refractivity contribution < 1.29 is 14.8 Å². The lowest BCUT2D eigenvalue weighted by molar-refractivity contribution is -0.385. The first kappa shape index (κ1) is 13.8. The molecule has 1 aliphatic heterocycles. The normalized spacial score (nSPS) is 18.6. The van der Waals surface area contributed by atoms with Gasteiger partial charge in [0.15, 0.2) is 0 Å². The van der Waals surface area contributed by atoms with E-state index in [-0.39, 0.29) is 11.6 Å². The highest BCUT2D eigenvalue weighted by molar-refractivity contribution is 9.10. The highest BCUT2D eigenvalue weighted by Crippen LogP contribution is 2.35. The third-order valence-electron chi connectivity index (χ3n) is 3.34. The summed E-state index contributed by atoms with van der Waals surface area (Å²) in [4.78, 5) is 23.3. The van der Waals surface area contributed by atoms with Gasteiger partial charge in [-0.25, -0.2) is 0 Å². The molecule has 0 saturated carbocycles. The van der Waals surface area contributed by atoms with Gasteiger partial charge in [-0.3, -0.25) is 14.9 Å². The summed E-state index contributed by atoms with van der Waals surface area (Å²) >= 11 is 3.32. The molecular formula is C12H13BrN2O4. The van der Waals surface area contributed by atoms with Gasteiger partial charge in [0, 0.05) is 29.2 Å². The largest absolute Gasteiger partial charge is 0.481 e. The summed E-state index contributed by atoms with van der Waals surface area (Å²) in [5.74, 6) is -1.17. The molecule has 2 rings (SSSR count). The molecule has 0 aromatic heterocycles. The Morgan fingerprint density at radius 2 is 2.26 bits per heavy atom. The van der Waals surface area contributed by atoms with Crippen LogP contribution in [-0.2, 0) is 4.79 Å². The van der Waals surface area contributed by atoms with Gasteiger partial charge in [0.2, 0.25) is 0 Å². The van der Waals surface area contributed by atoms with Gasteiger partial charge in [-0.2, -0.15) is 0 Å². The molecule has 6 nitrogen and oxygen atoms in total. The number of halogens is 1. The number of carboxylic acid groups (broad SMARTS) is 1. The van der Waals surface area contributed by atoms with Gasteiger partial charge < -0.3 is 10.0 Å². The molecule has 1 N–H and O–H groups in total. The Balaban J connectivity index is 2.29. The number of carboxylic acids is 1. The molecule has 1 atom stereocenters. The van der Waals surface area contributed by atoms with E-state index >= 15 is 0 Å². The zero-order valence-corrected chi connectivity index (χ0v) is 11.9. The van der Waals surface area contributed by atoms with Gasteiger partial charge in [-0.15, -0.1) is 0 Å². The molecule has 1 saturated heterocycles. The number of nitro groups is 1. The van der Waals surface area contributed by atoms with Gasteiger partial charge >= 0.3 is 5.97 Å². The molecule has 19 heavy (non-hydrogen) atoms. The first-order chi connectivity index (χ1) is 8.90. The van der Waals surface area contributed by atoms with Crippen LogP contribution in [0.15, 0.2) is 16.6 Å². The van der Waals surface area contributed by atoms with Crippen molar-refractivity contribution in [3.05, 3.63) is 32.3 Å². The van der Waals surface area contributed by atoms with Crippen LogP contribution >= 0.6 is 15.9 Å². The summed E-state index contributed by atoms with van der Waals surface area (Å²) < 4.78 is 0.621. The summed E-state index contributed by atoms with van der Waals surface area (Å²) in [6.45, 7) is 2.76. The number of nitro benzene ring substituents is 1. The lowest BCUT2D eigenvalue weighted by Crippen LogP contribution is -2.23. The minimum absolute atomic E-state index is 0.0598. The first-order valence-corrected chi connectivity index (χ1v) is 6.61. The molecule has 1 unspecified atom stereocenters. The topological polar surface area (TPSA) is 83.7 Å². The molecule has 1 fully saturated rings. The average Bonchev–Trinajstić information content (AvgIpc) is 2.80. The molecule has 1 aromatic carbocycles. The zero-order valence-electron chi connectivity index (χ0n) is 10.3. The van der Waals surface area contributed by atoms with Crippen LogP contribution in [-0.4, -0.2) is 29.1 Å². The second-order valence-corrected chi connectivity index (χ2v) is 5.47. The molecule has 0 amide bonds. The second kappa shape index (κ2) is 5.16. The summed E-state index contributed by atoms with van der Waals surface area (Å²) in [7, 11) is 0. The Morgan fingerprint density at radius 1 is 1.58 bits per heavy atom. The predicted molar refractivity (Wildman–Crippen MR) is 73.5 cm³/mol. The van der Waals surface area contributed by atoms with Gasteiger partial charge in [0.1, 0.15) is 0 Å². The predicted octanol–water partition coefficient (Wildman–Crippen LogP) is 2.58. The lowest BCUT2D eigenvalue weighted by atomic mass is 10.1.